The van der Waals surface area contributed by atoms with E-state index in [0.29, 0.717) is 0 Å². The molecular weight excluding hydrogens is 264 g/mol. The Morgan fingerprint density at radius 1 is 1.15 bits per heavy atom. The highest BCUT2D eigenvalue weighted by molar-refractivity contribution is 7.18. The standard InChI is InChI=1S/C17H18N2S/c1-2-14(18)13-7-5-6-12(10-13)11-17-19-15-8-3-4-9-16(15)20-17/h3-10,14H,2,11,18H2,1H3. The maximum atomic E-state index is 6.10. The van der Waals surface area contributed by atoms with Crippen molar-refractivity contribution in [1.82, 2.24) is 4.98 Å². The Bertz CT molecular complexity index is 685. The van der Waals surface area contributed by atoms with Gasteiger partial charge in [-0.3, -0.25) is 0 Å². The first kappa shape index (κ1) is 13.3. The molecule has 0 saturated heterocycles. The maximum absolute atomic E-state index is 6.10. The van der Waals surface area contributed by atoms with Gasteiger partial charge in [0.15, 0.2) is 0 Å². The number of fused-ring (bicyclic) bond motifs is 1. The van der Waals surface area contributed by atoms with Crippen molar-refractivity contribution >= 4 is 21.6 Å². The first-order valence-electron chi connectivity index (χ1n) is 6.95. The van der Waals surface area contributed by atoms with Gasteiger partial charge in [0.25, 0.3) is 0 Å². The summed E-state index contributed by atoms with van der Waals surface area (Å²) in [7, 11) is 0. The van der Waals surface area contributed by atoms with Crippen LogP contribution in [0.3, 0.4) is 0 Å². The highest BCUT2D eigenvalue weighted by atomic mass is 32.1. The first-order chi connectivity index (χ1) is 9.76. The third kappa shape index (κ3) is 2.74. The number of nitrogens with zero attached hydrogens (tertiary/aromatic N) is 1. The van der Waals surface area contributed by atoms with Crippen molar-refractivity contribution in [2.45, 2.75) is 25.8 Å². The molecule has 1 unspecified atom stereocenters. The molecule has 2 N–H and O–H groups in total. The number of nitrogens with two attached hydrogens (primary N) is 1. The number of rotatable bonds is 4. The van der Waals surface area contributed by atoms with E-state index in [1.807, 2.05) is 6.07 Å². The molecular formula is C17H18N2S. The van der Waals surface area contributed by atoms with Gasteiger partial charge in [-0.05, 0) is 29.7 Å². The summed E-state index contributed by atoms with van der Waals surface area (Å²) < 4.78 is 1.25. The molecule has 3 aromatic rings. The topological polar surface area (TPSA) is 38.9 Å². The van der Waals surface area contributed by atoms with Crippen LogP contribution in [0.5, 0.6) is 0 Å². The molecule has 0 saturated carbocycles. The molecule has 1 aromatic heterocycles. The zero-order valence-electron chi connectivity index (χ0n) is 11.5. The summed E-state index contributed by atoms with van der Waals surface area (Å²) in [6, 6.07) is 17.0. The van der Waals surface area contributed by atoms with Crippen LogP contribution in [0, 0.1) is 0 Å². The van der Waals surface area contributed by atoms with Crippen LogP contribution in [0.2, 0.25) is 0 Å². The van der Waals surface area contributed by atoms with E-state index in [0.717, 1.165) is 23.4 Å². The van der Waals surface area contributed by atoms with Crippen LogP contribution in [-0.4, -0.2) is 4.98 Å². The van der Waals surface area contributed by atoms with Crippen molar-refractivity contribution in [2.75, 3.05) is 0 Å². The van der Waals surface area contributed by atoms with Gasteiger partial charge in [-0.15, -0.1) is 11.3 Å². The molecule has 0 radical (unpaired) electrons. The number of hydrogen-bond donors (Lipinski definition) is 1. The predicted molar refractivity (Wildman–Crippen MR) is 86.1 cm³/mol. The Kier molecular flexibility index (Phi) is 3.81. The Balaban J connectivity index is 1.87. The number of thiazole rings is 1. The summed E-state index contributed by atoms with van der Waals surface area (Å²) >= 11 is 1.77. The van der Waals surface area contributed by atoms with E-state index in [1.54, 1.807) is 11.3 Å². The monoisotopic (exact) mass is 282 g/mol. The first-order valence-corrected chi connectivity index (χ1v) is 7.77. The molecule has 0 amide bonds. The lowest BCUT2D eigenvalue weighted by Gasteiger charge is -2.10. The third-order valence-corrected chi connectivity index (χ3v) is 4.55. The van der Waals surface area contributed by atoms with Crippen LogP contribution in [-0.2, 0) is 6.42 Å². The van der Waals surface area contributed by atoms with Crippen molar-refractivity contribution in [3.63, 3.8) is 0 Å². The van der Waals surface area contributed by atoms with E-state index in [4.69, 9.17) is 5.73 Å². The molecule has 0 aliphatic rings. The Labute approximate surface area is 123 Å². The third-order valence-electron chi connectivity index (χ3n) is 3.51. The smallest absolute Gasteiger partial charge is 0.0982 e. The molecule has 20 heavy (non-hydrogen) atoms. The van der Waals surface area contributed by atoms with Gasteiger partial charge in [-0.1, -0.05) is 43.3 Å². The number of aromatic nitrogens is 1. The number of hydrogen-bond acceptors (Lipinski definition) is 3. The molecule has 0 spiro atoms. The zero-order chi connectivity index (χ0) is 13.9. The van der Waals surface area contributed by atoms with Crippen LogP contribution in [0.4, 0.5) is 0 Å². The number of para-hydroxylation sites is 1. The van der Waals surface area contributed by atoms with Gasteiger partial charge < -0.3 is 5.73 Å². The second-order valence-electron chi connectivity index (χ2n) is 5.01. The lowest BCUT2D eigenvalue weighted by atomic mass is 10.0. The van der Waals surface area contributed by atoms with E-state index >= 15 is 0 Å². The summed E-state index contributed by atoms with van der Waals surface area (Å²) in [6.45, 7) is 2.12. The molecule has 0 fully saturated rings. The van der Waals surface area contributed by atoms with Gasteiger partial charge in [-0.25, -0.2) is 4.98 Å². The van der Waals surface area contributed by atoms with Crippen molar-refractivity contribution < 1.29 is 0 Å². The predicted octanol–water partition coefficient (Wildman–Crippen LogP) is 4.30. The summed E-state index contributed by atoms with van der Waals surface area (Å²) in [4.78, 5) is 4.69. The molecule has 1 atom stereocenters. The Morgan fingerprint density at radius 2 is 2.00 bits per heavy atom. The minimum atomic E-state index is 0.130. The molecule has 0 bridgehead atoms. The van der Waals surface area contributed by atoms with E-state index < -0.39 is 0 Å². The van der Waals surface area contributed by atoms with Gasteiger partial charge in [0, 0.05) is 12.5 Å². The second-order valence-corrected chi connectivity index (χ2v) is 6.13. The molecule has 3 heteroatoms. The van der Waals surface area contributed by atoms with Crippen molar-refractivity contribution in [3.8, 4) is 0 Å². The average molecular weight is 282 g/mol. The molecule has 102 valence electrons. The maximum Gasteiger partial charge on any atom is 0.0982 e. The van der Waals surface area contributed by atoms with Crippen LogP contribution in [0.1, 0.15) is 35.5 Å². The average Bonchev–Trinajstić information content (AvgIpc) is 2.88. The largest absolute Gasteiger partial charge is 0.324 e. The summed E-state index contributed by atoms with van der Waals surface area (Å²) in [6.07, 6.45) is 1.84. The van der Waals surface area contributed by atoms with Crippen LogP contribution < -0.4 is 5.73 Å². The van der Waals surface area contributed by atoms with Crippen LogP contribution in [0.25, 0.3) is 10.2 Å². The fourth-order valence-electron chi connectivity index (χ4n) is 2.34. The highest BCUT2D eigenvalue weighted by Crippen LogP contribution is 2.24. The molecule has 3 rings (SSSR count). The molecule has 2 nitrogen and oxygen atoms in total. The molecule has 0 aliphatic heterocycles. The van der Waals surface area contributed by atoms with Crippen molar-refractivity contribution in [3.05, 3.63) is 64.7 Å². The van der Waals surface area contributed by atoms with Crippen LogP contribution in [0.15, 0.2) is 48.5 Å². The zero-order valence-corrected chi connectivity index (χ0v) is 12.4. The fraction of sp³-hybridized carbons (Fsp3) is 0.235. The second kappa shape index (κ2) is 5.73. The molecule has 0 aliphatic carbocycles. The van der Waals surface area contributed by atoms with E-state index in [9.17, 15) is 0 Å². The normalized spacial score (nSPS) is 12.7. The fourth-order valence-corrected chi connectivity index (χ4v) is 3.34. The Hall–Kier alpha value is -1.71. The summed E-state index contributed by atoms with van der Waals surface area (Å²) in [5.41, 5.74) is 9.69. The van der Waals surface area contributed by atoms with Crippen molar-refractivity contribution in [2.24, 2.45) is 5.73 Å². The summed E-state index contributed by atoms with van der Waals surface area (Å²) in [5, 5.41) is 1.16. The quantitative estimate of drug-likeness (QED) is 0.775. The van der Waals surface area contributed by atoms with Gasteiger partial charge >= 0.3 is 0 Å². The van der Waals surface area contributed by atoms with Crippen molar-refractivity contribution in [1.29, 1.82) is 0 Å². The van der Waals surface area contributed by atoms with Gasteiger partial charge in [0.2, 0.25) is 0 Å². The van der Waals surface area contributed by atoms with E-state index in [-0.39, 0.29) is 6.04 Å². The van der Waals surface area contributed by atoms with Gasteiger partial charge in [0.05, 0.1) is 15.2 Å². The number of benzene rings is 2. The highest BCUT2D eigenvalue weighted by Gasteiger charge is 2.07. The van der Waals surface area contributed by atoms with Gasteiger partial charge in [0.1, 0.15) is 0 Å². The van der Waals surface area contributed by atoms with Gasteiger partial charge in [-0.2, -0.15) is 0 Å². The van der Waals surface area contributed by atoms with Crippen LogP contribution >= 0.6 is 11.3 Å². The van der Waals surface area contributed by atoms with E-state index in [1.165, 1.54) is 15.8 Å². The van der Waals surface area contributed by atoms with E-state index in [2.05, 4.69) is 54.4 Å². The lowest BCUT2D eigenvalue weighted by molar-refractivity contribution is 0.697. The minimum Gasteiger partial charge on any atom is -0.324 e. The lowest BCUT2D eigenvalue weighted by Crippen LogP contribution is -2.08. The summed E-state index contributed by atoms with van der Waals surface area (Å²) in [5.74, 6) is 0. The molecule has 2 aromatic carbocycles. The molecule has 1 heterocycles. The SMILES string of the molecule is CCC(N)c1cccc(Cc2nc3ccccc3s2)c1. The minimum absolute atomic E-state index is 0.130. The Morgan fingerprint density at radius 3 is 2.80 bits per heavy atom.